The first-order chi connectivity index (χ1) is 12.2. The number of aryl methyl sites for hydroxylation is 1. The van der Waals surface area contributed by atoms with E-state index < -0.39 is 0 Å². The topological polar surface area (TPSA) is 92.3 Å². The van der Waals surface area contributed by atoms with Crippen LogP contribution in [0.1, 0.15) is 16.8 Å². The number of nitrogens with one attached hydrogen (secondary N) is 2. The van der Waals surface area contributed by atoms with Gasteiger partial charge < -0.3 is 4.74 Å². The average Bonchev–Trinajstić information content (AvgIpc) is 2.64. The van der Waals surface area contributed by atoms with Crippen LogP contribution in [0.25, 0.3) is 0 Å². The van der Waals surface area contributed by atoms with E-state index in [0.717, 1.165) is 16.9 Å². The van der Waals surface area contributed by atoms with Crippen molar-refractivity contribution in [1.29, 1.82) is 0 Å². The zero-order valence-electron chi connectivity index (χ0n) is 13.6. The fraction of sp³-hybridized carbons (Fsp3) is 0.111. The van der Waals surface area contributed by atoms with Crippen LogP contribution in [-0.2, 0) is 6.61 Å². The molecule has 3 aromatic rings. The molecular formula is C18H17N5O2. The summed E-state index contributed by atoms with van der Waals surface area (Å²) in [5.74, 6) is 0.930. The predicted octanol–water partition coefficient (Wildman–Crippen LogP) is 2.50. The Morgan fingerprint density at radius 2 is 2.00 bits per heavy atom. The van der Waals surface area contributed by atoms with Gasteiger partial charge in [-0.25, -0.2) is 5.43 Å². The number of hydrogen-bond donors (Lipinski definition) is 2. The number of anilines is 1. The molecule has 0 spiro atoms. The van der Waals surface area contributed by atoms with Gasteiger partial charge in [0.25, 0.3) is 5.56 Å². The van der Waals surface area contributed by atoms with E-state index in [0.29, 0.717) is 12.3 Å². The zero-order valence-corrected chi connectivity index (χ0v) is 13.6. The monoisotopic (exact) mass is 335 g/mol. The van der Waals surface area contributed by atoms with Crippen molar-refractivity contribution in [3.05, 3.63) is 81.8 Å². The SMILES string of the molecule is Cc1nnc(NN=Cc2cccc(OCc3ccccc3)c2)[nH]c1=O. The van der Waals surface area contributed by atoms with Crippen LogP contribution < -0.4 is 15.7 Å². The van der Waals surface area contributed by atoms with Crippen molar-refractivity contribution in [1.82, 2.24) is 15.2 Å². The van der Waals surface area contributed by atoms with Crippen LogP contribution in [0.3, 0.4) is 0 Å². The molecular weight excluding hydrogens is 318 g/mol. The first kappa shape index (κ1) is 16.4. The fourth-order valence-electron chi connectivity index (χ4n) is 2.04. The van der Waals surface area contributed by atoms with E-state index in [1.165, 1.54) is 0 Å². The van der Waals surface area contributed by atoms with Gasteiger partial charge in [-0.3, -0.25) is 9.78 Å². The summed E-state index contributed by atoms with van der Waals surface area (Å²) >= 11 is 0. The lowest BCUT2D eigenvalue weighted by Crippen LogP contribution is -2.15. The van der Waals surface area contributed by atoms with Gasteiger partial charge in [0.05, 0.1) is 6.21 Å². The van der Waals surface area contributed by atoms with E-state index in [9.17, 15) is 4.79 Å². The molecule has 0 bridgehead atoms. The van der Waals surface area contributed by atoms with Gasteiger partial charge in [0.2, 0.25) is 5.95 Å². The molecule has 0 aliphatic carbocycles. The van der Waals surface area contributed by atoms with Gasteiger partial charge in [0.1, 0.15) is 18.1 Å². The minimum atomic E-state index is -0.302. The second kappa shape index (κ2) is 7.87. The third-order valence-electron chi connectivity index (χ3n) is 3.35. The van der Waals surface area contributed by atoms with Crippen LogP contribution in [0.2, 0.25) is 0 Å². The van der Waals surface area contributed by atoms with E-state index in [-0.39, 0.29) is 11.5 Å². The quantitative estimate of drug-likeness (QED) is 0.533. The van der Waals surface area contributed by atoms with Gasteiger partial charge in [-0.2, -0.15) is 5.10 Å². The minimum absolute atomic E-state index is 0.184. The smallest absolute Gasteiger partial charge is 0.274 e. The predicted molar refractivity (Wildman–Crippen MR) is 95.8 cm³/mol. The summed E-state index contributed by atoms with van der Waals surface area (Å²) in [5, 5.41) is 11.6. The highest BCUT2D eigenvalue weighted by Crippen LogP contribution is 2.14. The number of hydrogen-bond acceptors (Lipinski definition) is 6. The maximum Gasteiger partial charge on any atom is 0.274 e. The second-order valence-corrected chi connectivity index (χ2v) is 5.30. The van der Waals surface area contributed by atoms with E-state index in [2.05, 4.69) is 25.7 Å². The number of H-pyrrole nitrogens is 1. The summed E-state index contributed by atoms with van der Waals surface area (Å²) < 4.78 is 5.77. The van der Waals surface area contributed by atoms with E-state index in [4.69, 9.17) is 4.74 Å². The van der Waals surface area contributed by atoms with Crippen LogP contribution in [-0.4, -0.2) is 21.4 Å². The van der Waals surface area contributed by atoms with Crippen LogP contribution in [0.4, 0.5) is 5.95 Å². The molecule has 7 heteroatoms. The van der Waals surface area contributed by atoms with Gasteiger partial charge in [0, 0.05) is 0 Å². The molecule has 0 fully saturated rings. The Bertz CT molecular complexity index is 922. The Kier molecular flexibility index (Phi) is 5.16. The Hall–Kier alpha value is -3.48. The van der Waals surface area contributed by atoms with E-state index >= 15 is 0 Å². The van der Waals surface area contributed by atoms with Crippen LogP contribution in [0.5, 0.6) is 5.75 Å². The van der Waals surface area contributed by atoms with E-state index in [1.807, 2.05) is 54.6 Å². The normalized spacial score (nSPS) is 10.8. The summed E-state index contributed by atoms with van der Waals surface area (Å²) in [5.41, 5.74) is 4.59. The summed E-state index contributed by atoms with van der Waals surface area (Å²) in [6.45, 7) is 2.08. The lowest BCUT2D eigenvalue weighted by molar-refractivity contribution is 0.306. The van der Waals surface area contributed by atoms with Crippen molar-refractivity contribution in [3.63, 3.8) is 0 Å². The van der Waals surface area contributed by atoms with Gasteiger partial charge in [-0.1, -0.05) is 42.5 Å². The zero-order chi connectivity index (χ0) is 17.5. The van der Waals surface area contributed by atoms with Crippen molar-refractivity contribution in [2.24, 2.45) is 5.10 Å². The van der Waals surface area contributed by atoms with E-state index in [1.54, 1.807) is 13.1 Å². The highest BCUT2D eigenvalue weighted by molar-refractivity contribution is 5.80. The number of nitrogens with zero attached hydrogens (tertiary/aromatic N) is 3. The minimum Gasteiger partial charge on any atom is -0.489 e. The maximum absolute atomic E-state index is 11.4. The highest BCUT2D eigenvalue weighted by atomic mass is 16.5. The van der Waals surface area contributed by atoms with Crippen LogP contribution in [0.15, 0.2) is 64.5 Å². The molecule has 0 saturated heterocycles. The molecule has 1 aromatic heterocycles. The summed E-state index contributed by atoms with van der Waals surface area (Å²) in [6.07, 6.45) is 1.61. The first-order valence-corrected chi connectivity index (χ1v) is 7.70. The van der Waals surface area contributed by atoms with Crippen molar-refractivity contribution in [3.8, 4) is 5.75 Å². The molecule has 0 aliphatic rings. The van der Waals surface area contributed by atoms with Crippen molar-refractivity contribution < 1.29 is 4.74 Å². The Morgan fingerprint density at radius 3 is 2.80 bits per heavy atom. The molecule has 0 aliphatic heterocycles. The number of ether oxygens (including phenoxy) is 1. The molecule has 0 radical (unpaired) electrons. The lowest BCUT2D eigenvalue weighted by Gasteiger charge is -2.06. The van der Waals surface area contributed by atoms with Gasteiger partial charge in [-0.05, 0) is 30.2 Å². The number of aromatic amines is 1. The molecule has 1 heterocycles. The van der Waals surface area contributed by atoms with Gasteiger partial charge in [0.15, 0.2) is 0 Å². The Labute approximate surface area is 144 Å². The average molecular weight is 335 g/mol. The standard InChI is InChI=1S/C18H17N5O2/c1-13-17(24)20-18(23-21-13)22-19-11-15-8-5-9-16(10-15)25-12-14-6-3-2-4-7-14/h2-11H,12H2,1H3,(H2,20,22,23,24). The summed E-state index contributed by atoms with van der Waals surface area (Å²) in [6, 6.07) is 17.5. The van der Waals surface area contributed by atoms with Crippen molar-refractivity contribution in [2.75, 3.05) is 5.43 Å². The molecule has 0 amide bonds. The van der Waals surface area contributed by atoms with Gasteiger partial charge in [-0.15, -0.1) is 10.2 Å². The first-order valence-electron chi connectivity index (χ1n) is 7.70. The molecule has 7 nitrogen and oxygen atoms in total. The molecule has 3 rings (SSSR count). The van der Waals surface area contributed by atoms with Crippen molar-refractivity contribution >= 4 is 12.2 Å². The molecule has 2 N–H and O–H groups in total. The Morgan fingerprint density at radius 1 is 1.16 bits per heavy atom. The summed E-state index contributed by atoms with van der Waals surface area (Å²) in [7, 11) is 0. The van der Waals surface area contributed by atoms with Crippen LogP contribution in [0, 0.1) is 6.92 Å². The Balaban J connectivity index is 1.61. The maximum atomic E-state index is 11.4. The molecule has 2 aromatic carbocycles. The lowest BCUT2D eigenvalue weighted by atomic mass is 10.2. The third-order valence-corrected chi connectivity index (χ3v) is 3.35. The summed E-state index contributed by atoms with van der Waals surface area (Å²) in [4.78, 5) is 14.0. The molecule has 0 atom stereocenters. The van der Waals surface area contributed by atoms with Crippen LogP contribution >= 0.6 is 0 Å². The molecule has 0 unspecified atom stereocenters. The number of rotatable bonds is 6. The fourth-order valence-corrected chi connectivity index (χ4v) is 2.04. The molecule has 25 heavy (non-hydrogen) atoms. The van der Waals surface area contributed by atoms with Crippen molar-refractivity contribution in [2.45, 2.75) is 13.5 Å². The third kappa shape index (κ3) is 4.74. The molecule has 126 valence electrons. The van der Waals surface area contributed by atoms with Gasteiger partial charge >= 0.3 is 0 Å². The second-order valence-electron chi connectivity index (χ2n) is 5.30. The highest BCUT2D eigenvalue weighted by Gasteiger charge is 1.99. The number of aromatic nitrogens is 3. The number of hydrazone groups is 1. The largest absolute Gasteiger partial charge is 0.489 e. The molecule has 0 saturated carbocycles. The number of benzene rings is 2.